The number of rotatable bonds is 3. The molecular formula is C13H11N3O7. The first kappa shape index (κ1) is 17.5. The Morgan fingerprint density at radius 2 is 1.48 bits per heavy atom. The standard InChI is InChI=1S/C7H4N2O6.C6H7NO/c10-7(11)4-1-5(8(12)13)3-6(2-4)9(14)15;1-6-2-4-7(8)5-3-6/h1-3H,(H,10,11);2-5H,1H3. The van der Waals surface area contributed by atoms with Crippen molar-refractivity contribution in [2.75, 3.05) is 0 Å². The number of carboxylic acids is 1. The number of pyridine rings is 1. The Morgan fingerprint density at radius 1 is 1.04 bits per heavy atom. The van der Waals surface area contributed by atoms with Crippen LogP contribution in [0.1, 0.15) is 15.9 Å². The number of benzene rings is 1. The van der Waals surface area contributed by atoms with Gasteiger partial charge in [-0.05, 0) is 12.5 Å². The summed E-state index contributed by atoms with van der Waals surface area (Å²) in [6.45, 7) is 1.94. The average Bonchev–Trinajstić information content (AvgIpc) is 2.50. The van der Waals surface area contributed by atoms with Crippen LogP contribution in [0.15, 0.2) is 42.7 Å². The van der Waals surface area contributed by atoms with Gasteiger partial charge in [0.25, 0.3) is 11.4 Å². The summed E-state index contributed by atoms with van der Waals surface area (Å²) in [4.78, 5) is 29.4. The van der Waals surface area contributed by atoms with Gasteiger partial charge < -0.3 is 10.3 Å². The molecule has 0 fully saturated rings. The van der Waals surface area contributed by atoms with E-state index in [1.54, 1.807) is 12.1 Å². The summed E-state index contributed by atoms with van der Waals surface area (Å²) >= 11 is 0. The molecule has 0 radical (unpaired) electrons. The second kappa shape index (κ2) is 7.45. The van der Waals surface area contributed by atoms with E-state index in [4.69, 9.17) is 5.11 Å². The number of aryl methyl sites for hydroxylation is 1. The lowest BCUT2D eigenvalue weighted by atomic mass is 10.2. The summed E-state index contributed by atoms with van der Waals surface area (Å²) in [5.41, 5.74) is -0.629. The smallest absolute Gasteiger partial charge is 0.336 e. The lowest BCUT2D eigenvalue weighted by Gasteiger charge is -1.96. The van der Waals surface area contributed by atoms with Crippen LogP contribution in [-0.4, -0.2) is 20.9 Å². The van der Waals surface area contributed by atoms with Gasteiger partial charge in [0.1, 0.15) is 0 Å². The third-order valence-corrected chi connectivity index (χ3v) is 2.54. The van der Waals surface area contributed by atoms with Crippen LogP contribution in [-0.2, 0) is 0 Å². The molecular weight excluding hydrogens is 310 g/mol. The molecule has 0 aliphatic heterocycles. The summed E-state index contributed by atoms with van der Waals surface area (Å²) in [7, 11) is 0. The van der Waals surface area contributed by atoms with Crippen LogP contribution in [0.3, 0.4) is 0 Å². The SMILES string of the molecule is Cc1cc[n+]([O-])cc1.O=C(O)c1cc([N+](=O)[O-])cc([N+](=O)[O-])c1. The Bertz CT molecular complexity index is 644. The normalized spacial score (nSPS) is 9.43. The predicted octanol–water partition coefficient (Wildman–Crippen LogP) is 1.83. The Balaban J connectivity index is 0.000000277. The third kappa shape index (κ3) is 5.38. The molecule has 1 aromatic heterocycles. The minimum atomic E-state index is -1.46. The van der Waals surface area contributed by atoms with E-state index in [2.05, 4.69) is 0 Å². The van der Waals surface area contributed by atoms with Gasteiger partial charge in [0, 0.05) is 24.3 Å². The van der Waals surface area contributed by atoms with Crippen molar-refractivity contribution in [3.8, 4) is 0 Å². The van der Waals surface area contributed by atoms with Crippen molar-refractivity contribution in [3.63, 3.8) is 0 Å². The van der Waals surface area contributed by atoms with Gasteiger partial charge in [0.2, 0.25) is 0 Å². The van der Waals surface area contributed by atoms with Crippen LogP contribution in [0.4, 0.5) is 11.4 Å². The maximum Gasteiger partial charge on any atom is 0.336 e. The van der Waals surface area contributed by atoms with Crippen LogP contribution in [0.2, 0.25) is 0 Å². The van der Waals surface area contributed by atoms with E-state index in [1.807, 2.05) is 6.92 Å². The van der Waals surface area contributed by atoms with Crippen molar-refractivity contribution in [2.45, 2.75) is 6.92 Å². The highest BCUT2D eigenvalue weighted by atomic mass is 16.6. The van der Waals surface area contributed by atoms with Crippen LogP contribution in [0.5, 0.6) is 0 Å². The highest BCUT2D eigenvalue weighted by molar-refractivity contribution is 5.89. The van der Waals surface area contributed by atoms with Crippen molar-refractivity contribution in [2.24, 2.45) is 0 Å². The van der Waals surface area contributed by atoms with Gasteiger partial charge in [0.05, 0.1) is 21.5 Å². The molecule has 0 aliphatic carbocycles. The minimum Gasteiger partial charge on any atom is -0.619 e. The molecule has 10 heteroatoms. The van der Waals surface area contributed by atoms with Crippen LogP contribution >= 0.6 is 0 Å². The van der Waals surface area contributed by atoms with Gasteiger partial charge in [-0.1, -0.05) is 0 Å². The number of carboxylic acid groups (broad SMARTS) is 1. The highest BCUT2D eigenvalue weighted by Gasteiger charge is 2.19. The second-order valence-corrected chi connectivity index (χ2v) is 4.29. The van der Waals surface area contributed by atoms with Crippen LogP contribution < -0.4 is 4.73 Å². The fourth-order valence-corrected chi connectivity index (χ4v) is 1.42. The van der Waals surface area contributed by atoms with E-state index in [-0.39, 0.29) is 0 Å². The fourth-order valence-electron chi connectivity index (χ4n) is 1.42. The van der Waals surface area contributed by atoms with E-state index in [0.717, 1.165) is 22.4 Å². The largest absolute Gasteiger partial charge is 0.619 e. The van der Waals surface area contributed by atoms with E-state index >= 15 is 0 Å². The summed E-state index contributed by atoms with van der Waals surface area (Å²) < 4.78 is 0.771. The van der Waals surface area contributed by atoms with E-state index in [9.17, 15) is 30.2 Å². The third-order valence-electron chi connectivity index (χ3n) is 2.54. The van der Waals surface area contributed by atoms with Gasteiger partial charge in [-0.3, -0.25) is 20.2 Å². The van der Waals surface area contributed by atoms with Crippen molar-refractivity contribution < 1.29 is 24.5 Å². The maximum atomic E-state index is 10.5. The number of aromatic carboxylic acids is 1. The van der Waals surface area contributed by atoms with Gasteiger partial charge in [-0.2, -0.15) is 4.73 Å². The molecule has 1 heterocycles. The zero-order valence-corrected chi connectivity index (χ0v) is 11.8. The molecule has 0 amide bonds. The molecule has 10 nitrogen and oxygen atoms in total. The Hall–Kier alpha value is -3.56. The molecule has 2 aromatic rings. The first-order chi connectivity index (χ1) is 10.7. The molecule has 120 valence electrons. The Morgan fingerprint density at radius 3 is 1.78 bits per heavy atom. The van der Waals surface area contributed by atoms with Crippen molar-refractivity contribution in [1.82, 2.24) is 0 Å². The summed E-state index contributed by atoms with van der Waals surface area (Å²) in [5.74, 6) is -1.46. The monoisotopic (exact) mass is 321 g/mol. The van der Waals surface area contributed by atoms with Crippen LogP contribution in [0.25, 0.3) is 0 Å². The zero-order chi connectivity index (χ0) is 17.6. The molecule has 0 atom stereocenters. The molecule has 0 bridgehead atoms. The first-order valence-corrected chi connectivity index (χ1v) is 6.03. The molecule has 1 aromatic carbocycles. The number of hydrogen-bond donors (Lipinski definition) is 1. The van der Waals surface area contributed by atoms with E-state index in [1.165, 1.54) is 12.4 Å². The first-order valence-electron chi connectivity index (χ1n) is 6.03. The number of nitro groups is 2. The molecule has 0 aliphatic rings. The topological polar surface area (TPSA) is 151 Å². The molecule has 0 spiro atoms. The lowest BCUT2D eigenvalue weighted by Crippen LogP contribution is -2.23. The number of nitro benzene ring substituents is 2. The Labute approximate surface area is 129 Å². The second-order valence-electron chi connectivity index (χ2n) is 4.29. The zero-order valence-electron chi connectivity index (χ0n) is 11.8. The average molecular weight is 321 g/mol. The van der Waals surface area contributed by atoms with Crippen LogP contribution in [0, 0.1) is 32.4 Å². The fraction of sp³-hybridized carbons (Fsp3) is 0.0769. The van der Waals surface area contributed by atoms with Gasteiger partial charge in [0.15, 0.2) is 12.4 Å². The Kier molecular flexibility index (Phi) is 5.66. The van der Waals surface area contributed by atoms with Gasteiger partial charge in [-0.15, -0.1) is 0 Å². The van der Waals surface area contributed by atoms with Crippen molar-refractivity contribution in [3.05, 3.63) is 79.3 Å². The molecule has 2 rings (SSSR count). The summed E-state index contributed by atoms with van der Waals surface area (Å²) in [6, 6.07) is 5.76. The molecule has 1 N–H and O–H groups in total. The van der Waals surface area contributed by atoms with Crippen molar-refractivity contribution >= 4 is 17.3 Å². The molecule has 23 heavy (non-hydrogen) atoms. The summed E-state index contributed by atoms with van der Waals surface area (Å²) in [6.07, 6.45) is 2.96. The molecule has 0 saturated carbocycles. The lowest BCUT2D eigenvalue weighted by molar-refractivity contribution is -0.605. The number of non-ortho nitro benzene ring substituents is 2. The van der Waals surface area contributed by atoms with Gasteiger partial charge >= 0.3 is 5.97 Å². The minimum absolute atomic E-state index is 0.490. The highest BCUT2D eigenvalue weighted by Crippen LogP contribution is 2.22. The quantitative estimate of drug-likeness (QED) is 0.392. The predicted molar refractivity (Wildman–Crippen MR) is 76.8 cm³/mol. The number of hydrogen-bond acceptors (Lipinski definition) is 6. The summed E-state index contributed by atoms with van der Waals surface area (Å²) in [5, 5.41) is 39.6. The number of aromatic nitrogens is 1. The molecule has 0 saturated heterocycles. The maximum absolute atomic E-state index is 10.5. The van der Waals surface area contributed by atoms with E-state index in [0.29, 0.717) is 6.07 Å². The van der Waals surface area contributed by atoms with Gasteiger partial charge in [-0.25, -0.2) is 4.79 Å². The van der Waals surface area contributed by atoms with E-state index < -0.39 is 32.8 Å². The molecule has 0 unspecified atom stereocenters. The number of carbonyl (C=O) groups is 1. The number of nitrogens with zero attached hydrogens (tertiary/aromatic N) is 3. The van der Waals surface area contributed by atoms with Crippen molar-refractivity contribution in [1.29, 1.82) is 0 Å².